The molecule has 2 heterocycles. The molecule has 0 radical (unpaired) electrons. The Hall–Kier alpha value is -2.21. The molecule has 5 nitrogen and oxygen atoms in total. The fourth-order valence-corrected chi connectivity index (χ4v) is 3.86. The van der Waals surface area contributed by atoms with Crippen molar-refractivity contribution in [2.75, 3.05) is 19.6 Å². The number of hydrogen-bond donors (Lipinski definition) is 2. The average molecular weight is 356 g/mol. The Morgan fingerprint density at radius 2 is 2.00 bits per heavy atom. The summed E-state index contributed by atoms with van der Waals surface area (Å²) in [6, 6.07) is 6.70. The van der Waals surface area contributed by atoms with Gasteiger partial charge < -0.3 is 5.32 Å². The molecule has 1 aliphatic heterocycles. The van der Waals surface area contributed by atoms with Crippen LogP contribution in [0, 0.1) is 12.7 Å². The molecule has 0 unspecified atom stereocenters. The molecule has 2 aliphatic rings. The number of benzene rings is 1. The number of H-pyrrole nitrogens is 1. The summed E-state index contributed by atoms with van der Waals surface area (Å²) in [4.78, 5) is 15.2. The Labute approximate surface area is 153 Å². The van der Waals surface area contributed by atoms with E-state index in [1.54, 1.807) is 0 Å². The molecule has 1 aromatic heterocycles. The monoisotopic (exact) mass is 356 g/mol. The average Bonchev–Trinajstić information content (AvgIpc) is 3.19. The second-order valence-corrected chi connectivity index (χ2v) is 7.40. The van der Waals surface area contributed by atoms with Crippen LogP contribution < -0.4 is 5.32 Å². The largest absolute Gasteiger partial charge is 0.350 e. The highest BCUT2D eigenvalue weighted by Crippen LogP contribution is 2.41. The van der Waals surface area contributed by atoms with Gasteiger partial charge in [0.15, 0.2) is 0 Å². The van der Waals surface area contributed by atoms with E-state index in [0.717, 1.165) is 55.7 Å². The quantitative estimate of drug-likeness (QED) is 0.835. The van der Waals surface area contributed by atoms with Crippen LogP contribution >= 0.6 is 0 Å². The summed E-state index contributed by atoms with van der Waals surface area (Å²) >= 11 is 0. The van der Waals surface area contributed by atoms with Gasteiger partial charge in [-0.25, -0.2) is 4.39 Å². The number of nitrogens with one attached hydrogen (secondary N) is 2. The van der Waals surface area contributed by atoms with Crippen LogP contribution in [0.1, 0.15) is 65.0 Å². The topological polar surface area (TPSA) is 61.0 Å². The van der Waals surface area contributed by atoms with Crippen molar-refractivity contribution in [1.29, 1.82) is 0 Å². The number of carbonyl (C=O) groups excluding carboxylic acids is 1. The number of aromatic amines is 1. The van der Waals surface area contributed by atoms with Crippen molar-refractivity contribution in [3.63, 3.8) is 0 Å². The van der Waals surface area contributed by atoms with E-state index >= 15 is 0 Å². The van der Waals surface area contributed by atoms with Gasteiger partial charge in [0, 0.05) is 18.2 Å². The number of amides is 1. The lowest BCUT2D eigenvalue weighted by molar-refractivity contribution is 0.0936. The van der Waals surface area contributed by atoms with Gasteiger partial charge in [-0.05, 0) is 63.4 Å². The maximum Gasteiger partial charge on any atom is 0.255 e. The predicted octanol–water partition coefficient (Wildman–Crippen LogP) is 3.30. The first-order valence-electron chi connectivity index (χ1n) is 9.46. The van der Waals surface area contributed by atoms with E-state index in [2.05, 4.69) is 20.4 Å². The molecule has 0 bridgehead atoms. The van der Waals surface area contributed by atoms with Crippen LogP contribution in [0.3, 0.4) is 0 Å². The molecule has 1 aromatic carbocycles. The minimum absolute atomic E-state index is 0.0653. The predicted molar refractivity (Wildman–Crippen MR) is 97.6 cm³/mol. The number of aromatic nitrogens is 2. The van der Waals surface area contributed by atoms with E-state index in [-0.39, 0.29) is 17.8 Å². The summed E-state index contributed by atoms with van der Waals surface area (Å²) in [7, 11) is 0. The molecule has 2 aromatic rings. The van der Waals surface area contributed by atoms with E-state index in [1.807, 2.05) is 19.1 Å². The number of nitrogens with zero attached hydrogens (tertiary/aromatic N) is 2. The molecule has 0 spiro atoms. The van der Waals surface area contributed by atoms with Gasteiger partial charge in [-0.2, -0.15) is 5.10 Å². The molecule has 26 heavy (non-hydrogen) atoms. The van der Waals surface area contributed by atoms with Gasteiger partial charge in [-0.3, -0.25) is 14.8 Å². The summed E-state index contributed by atoms with van der Waals surface area (Å²) in [5.74, 6) is 0.123. The number of halogens is 1. The molecule has 1 amide bonds. The van der Waals surface area contributed by atoms with Gasteiger partial charge in [0.2, 0.25) is 0 Å². The number of likely N-dealkylation sites (tertiary alicyclic amines) is 1. The van der Waals surface area contributed by atoms with Crippen LogP contribution in [-0.4, -0.2) is 40.6 Å². The number of hydrogen-bond acceptors (Lipinski definition) is 3. The Morgan fingerprint density at radius 3 is 2.65 bits per heavy atom. The van der Waals surface area contributed by atoms with Gasteiger partial charge >= 0.3 is 0 Å². The van der Waals surface area contributed by atoms with Crippen molar-refractivity contribution in [1.82, 2.24) is 20.4 Å². The zero-order valence-corrected chi connectivity index (χ0v) is 15.1. The lowest BCUT2D eigenvalue weighted by atomic mass is 10.0. The van der Waals surface area contributed by atoms with Gasteiger partial charge in [-0.15, -0.1) is 0 Å². The van der Waals surface area contributed by atoms with Crippen molar-refractivity contribution >= 4 is 5.91 Å². The Kier molecular flexibility index (Phi) is 4.76. The van der Waals surface area contributed by atoms with E-state index < -0.39 is 0 Å². The van der Waals surface area contributed by atoms with Gasteiger partial charge in [0.1, 0.15) is 5.82 Å². The molecular formula is C20H25FN4O. The third-order valence-corrected chi connectivity index (χ3v) is 5.46. The third kappa shape index (κ3) is 3.51. The maximum absolute atomic E-state index is 13.3. The number of rotatable bonds is 6. The van der Waals surface area contributed by atoms with Crippen molar-refractivity contribution in [2.45, 2.75) is 44.6 Å². The van der Waals surface area contributed by atoms with Crippen LogP contribution in [0.2, 0.25) is 0 Å². The molecule has 1 aliphatic carbocycles. The van der Waals surface area contributed by atoms with Crippen LogP contribution in [0.4, 0.5) is 4.39 Å². The van der Waals surface area contributed by atoms with Crippen LogP contribution in [0.5, 0.6) is 0 Å². The van der Waals surface area contributed by atoms with Crippen LogP contribution in [-0.2, 0) is 0 Å². The standard InChI is InChI=1S/C20H25FN4O/c1-13-18(19(24-23-13)15-4-5-15)20(26)22-12-17(25-10-2-3-11-25)14-6-8-16(21)9-7-14/h6-9,15,17H,2-5,10-12H2,1H3,(H,22,26)(H,23,24)/t17-/m1/s1. The van der Waals surface area contributed by atoms with Gasteiger partial charge in [-0.1, -0.05) is 12.1 Å². The number of carbonyl (C=O) groups is 1. The maximum atomic E-state index is 13.3. The minimum atomic E-state index is -0.235. The molecule has 1 saturated heterocycles. The van der Waals surface area contributed by atoms with E-state index in [9.17, 15) is 9.18 Å². The summed E-state index contributed by atoms with van der Waals surface area (Å²) in [5.41, 5.74) is 3.47. The highest BCUT2D eigenvalue weighted by Gasteiger charge is 2.32. The molecule has 4 rings (SSSR count). The number of aryl methyl sites for hydroxylation is 1. The second kappa shape index (κ2) is 7.19. The zero-order valence-electron chi connectivity index (χ0n) is 15.1. The smallest absolute Gasteiger partial charge is 0.255 e. The first-order valence-corrected chi connectivity index (χ1v) is 9.46. The molecule has 6 heteroatoms. The SMILES string of the molecule is Cc1[nH]nc(C2CC2)c1C(=O)NC[C@H](c1ccc(F)cc1)N1CCCC1. The summed E-state index contributed by atoms with van der Waals surface area (Å²) in [6.07, 6.45) is 4.55. The highest BCUT2D eigenvalue weighted by molar-refractivity contribution is 5.96. The third-order valence-electron chi connectivity index (χ3n) is 5.46. The Bertz CT molecular complexity index is 776. The Morgan fingerprint density at radius 1 is 1.31 bits per heavy atom. The molecule has 2 N–H and O–H groups in total. The van der Waals surface area contributed by atoms with E-state index in [1.165, 1.54) is 12.1 Å². The zero-order chi connectivity index (χ0) is 18.1. The van der Waals surface area contributed by atoms with Gasteiger partial charge in [0.25, 0.3) is 5.91 Å². The summed E-state index contributed by atoms with van der Waals surface area (Å²) in [6.45, 7) is 4.43. The van der Waals surface area contributed by atoms with E-state index in [4.69, 9.17) is 0 Å². The summed E-state index contributed by atoms with van der Waals surface area (Å²) < 4.78 is 13.3. The first-order chi connectivity index (χ1) is 12.6. The minimum Gasteiger partial charge on any atom is -0.350 e. The fourth-order valence-electron chi connectivity index (χ4n) is 3.86. The second-order valence-electron chi connectivity index (χ2n) is 7.40. The summed E-state index contributed by atoms with van der Waals surface area (Å²) in [5, 5.41) is 10.4. The molecule has 138 valence electrons. The fraction of sp³-hybridized carbons (Fsp3) is 0.500. The van der Waals surface area contributed by atoms with Gasteiger partial charge in [0.05, 0.1) is 17.3 Å². The van der Waals surface area contributed by atoms with Crippen molar-refractivity contribution in [2.24, 2.45) is 0 Å². The lowest BCUT2D eigenvalue weighted by Gasteiger charge is -2.28. The van der Waals surface area contributed by atoms with E-state index in [0.29, 0.717) is 18.0 Å². The molecular weight excluding hydrogens is 331 g/mol. The molecule has 1 atom stereocenters. The van der Waals surface area contributed by atoms with Crippen molar-refractivity contribution in [3.8, 4) is 0 Å². The molecule has 1 saturated carbocycles. The normalized spacial score (nSPS) is 18.8. The van der Waals surface area contributed by atoms with Crippen LogP contribution in [0.15, 0.2) is 24.3 Å². The lowest BCUT2D eigenvalue weighted by Crippen LogP contribution is -2.37. The van der Waals surface area contributed by atoms with Crippen LogP contribution in [0.25, 0.3) is 0 Å². The molecule has 2 fully saturated rings. The van der Waals surface area contributed by atoms with Crippen molar-refractivity contribution in [3.05, 3.63) is 52.6 Å². The first kappa shape index (κ1) is 17.2. The van der Waals surface area contributed by atoms with Crippen molar-refractivity contribution < 1.29 is 9.18 Å². The highest BCUT2D eigenvalue weighted by atomic mass is 19.1. The Balaban J connectivity index is 1.50.